The third kappa shape index (κ3) is 3.03. The van der Waals surface area contributed by atoms with Crippen LogP contribution in [-0.4, -0.2) is 17.0 Å². The first-order valence-corrected chi connectivity index (χ1v) is 11.8. The van der Waals surface area contributed by atoms with Gasteiger partial charge in [0.2, 0.25) is 12.3 Å². The molecule has 3 saturated carbocycles. The zero-order valence-electron chi connectivity index (χ0n) is 18.0. The molecule has 3 heteroatoms. The Morgan fingerprint density at radius 3 is 2.66 bits per heavy atom. The second kappa shape index (κ2) is 7.04. The largest absolute Gasteiger partial charge is 0.393 e. The van der Waals surface area contributed by atoms with Crippen LogP contribution in [0.2, 0.25) is 0 Å². The first kappa shape index (κ1) is 19.5. The smallest absolute Gasteiger partial charge is 0.206 e. The maximum Gasteiger partial charge on any atom is 0.206 e. The maximum absolute atomic E-state index is 13.3. The Morgan fingerprint density at radius 1 is 1.07 bits per heavy atom. The number of aromatic nitrogens is 1. The van der Waals surface area contributed by atoms with E-state index in [1.807, 2.05) is 35.2 Å². The number of carbonyl (C=O) groups is 1. The lowest BCUT2D eigenvalue weighted by Gasteiger charge is -2.57. The molecule has 0 saturated heterocycles. The highest BCUT2D eigenvalue weighted by atomic mass is 16.3. The Balaban J connectivity index is 1.38. The Labute approximate surface area is 175 Å². The molecule has 0 aromatic carbocycles. The fourth-order valence-electron chi connectivity index (χ4n) is 8.00. The van der Waals surface area contributed by atoms with Crippen molar-refractivity contribution in [3.63, 3.8) is 0 Å². The van der Waals surface area contributed by atoms with Gasteiger partial charge < -0.3 is 5.11 Å². The number of ketones is 1. The quantitative estimate of drug-likeness (QED) is 0.606. The first-order valence-electron chi connectivity index (χ1n) is 11.8. The summed E-state index contributed by atoms with van der Waals surface area (Å²) in [5.74, 6) is 2.79. The van der Waals surface area contributed by atoms with Crippen LogP contribution in [0.15, 0.2) is 42.2 Å². The molecule has 3 nitrogen and oxygen atoms in total. The minimum Gasteiger partial charge on any atom is -0.393 e. The van der Waals surface area contributed by atoms with Crippen molar-refractivity contribution in [3.05, 3.63) is 42.2 Å². The summed E-state index contributed by atoms with van der Waals surface area (Å²) in [5.41, 5.74) is 1.99. The van der Waals surface area contributed by atoms with Crippen molar-refractivity contribution in [2.45, 2.75) is 77.9 Å². The average molecular weight is 395 g/mol. The number of allylic oxidation sites excluding steroid dienone is 1. The summed E-state index contributed by atoms with van der Waals surface area (Å²) in [6.07, 6.45) is 15.3. The van der Waals surface area contributed by atoms with Gasteiger partial charge in [0, 0.05) is 18.1 Å². The van der Waals surface area contributed by atoms with Gasteiger partial charge in [-0.25, -0.2) is 0 Å². The molecule has 29 heavy (non-hydrogen) atoms. The van der Waals surface area contributed by atoms with Gasteiger partial charge in [0.25, 0.3) is 0 Å². The lowest BCUT2D eigenvalue weighted by molar-refractivity contribution is -0.684. The summed E-state index contributed by atoms with van der Waals surface area (Å²) in [5, 5.41) is 10.2. The van der Waals surface area contributed by atoms with Crippen LogP contribution in [0.1, 0.15) is 65.2 Å². The molecule has 0 spiro atoms. The Kier molecular flexibility index (Phi) is 4.73. The van der Waals surface area contributed by atoms with Gasteiger partial charge in [0.05, 0.1) is 6.10 Å². The lowest BCUT2D eigenvalue weighted by atomic mass is 9.47. The molecule has 4 aliphatic carbocycles. The fourth-order valence-corrected chi connectivity index (χ4v) is 8.00. The van der Waals surface area contributed by atoms with Crippen LogP contribution < -0.4 is 4.57 Å². The van der Waals surface area contributed by atoms with E-state index in [-0.39, 0.29) is 22.9 Å². The van der Waals surface area contributed by atoms with Crippen LogP contribution >= 0.6 is 0 Å². The molecule has 1 aromatic heterocycles. The van der Waals surface area contributed by atoms with Gasteiger partial charge in [-0.05, 0) is 80.0 Å². The molecule has 1 heterocycles. The number of Topliss-reactive ketones (excluding diaryl/α,β-unsaturated/α-hetero) is 1. The standard InChI is InChI=1S/C26H36NO2/c1-25-12-10-19(28)16-18(25)6-7-20-21-8-9-23(26(21,2)13-11-22(20)25)24(29)17-27-14-4-3-5-15-27/h3-6,14-15,19-23,28H,7-13,16-17H2,1-2H3/q+1/t19-,20+,21-,22-,23+,25-,26-/m0/s1. The summed E-state index contributed by atoms with van der Waals surface area (Å²) < 4.78 is 2.04. The van der Waals surface area contributed by atoms with Gasteiger partial charge in [-0.15, -0.1) is 0 Å². The third-order valence-corrected chi connectivity index (χ3v) is 9.58. The monoisotopic (exact) mass is 394 g/mol. The van der Waals surface area contributed by atoms with E-state index >= 15 is 0 Å². The van der Waals surface area contributed by atoms with Gasteiger partial charge in [-0.2, -0.15) is 4.57 Å². The summed E-state index contributed by atoms with van der Waals surface area (Å²) in [6.45, 7) is 5.43. The van der Waals surface area contributed by atoms with Gasteiger partial charge in [-0.3, -0.25) is 4.79 Å². The fraction of sp³-hybridized carbons (Fsp3) is 0.692. The van der Waals surface area contributed by atoms with Crippen LogP contribution in [0.5, 0.6) is 0 Å². The van der Waals surface area contributed by atoms with Gasteiger partial charge in [0.15, 0.2) is 12.4 Å². The highest BCUT2D eigenvalue weighted by Gasteiger charge is 2.59. The van der Waals surface area contributed by atoms with E-state index in [2.05, 4.69) is 19.9 Å². The highest BCUT2D eigenvalue weighted by Crippen LogP contribution is 2.66. The maximum atomic E-state index is 13.3. The van der Waals surface area contributed by atoms with E-state index in [4.69, 9.17) is 0 Å². The molecule has 0 bridgehead atoms. The van der Waals surface area contributed by atoms with E-state index < -0.39 is 0 Å². The number of carbonyl (C=O) groups excluding carboxylic acids is 1. The highest BCUT2D eigenvalue weighted by molar-refractivity contribution is 5.81. The molecule has 5 rings (SSSR count). The van der Waals surface area contributed by atoms with E-state index in [1.54, 1.807) is 0 Å². The van der Waals surface area contributed by atoms with Crippen molar-refractivity contribution in [1.82, 2.24) is 0 Å². The van der Waals surface area contributed by atoms with Crippen LogP contribution in [-0.2, 0) is 11.3 Å². The predicted molar refractivity (Wildman–Crippen MR) is 113 cm³/mol. The lowest BCUT2D eigenvalue weighted by Crippen LogP contribution is -2.51. The number of pyridine rings is 1. The molecule has 0 aliphatic heterocycles. The number of hydrogen-bond donors (Lipinski definition) is 1. The average Bonchev–Trinajstić information content (AvgIpc) is 3.06. The van der Waals surface area contributed by atoms with E-state index in [0.29, 0.717) is 18.2 Å². The topological polar surface area (TPSA) is 41.2 Å². The molecular formula is C26H36NO2+. The third-order valence-electron chi connectivity index (χ3n) is 9.58. The molecule has 0 radical (unpaired) electrons. The minimum absolute atomic E-state index is 0.135. The van der Waals surface area contributed by atoms with Crippen LogP contribution in [0, 0.1) is 34.5 Å². The molecule has 4 aliphatic rings. The van der Waals surface area contributed by atoms with E-state index in [9.17, 15) is 9.90 Å². The van der Waals surface area contributed by atoms with Gasteiger partial charge in [-0.1, -0.05) is 31.6 Å². The summed E-state index contributed by atoms with van der Waals surface area (Å²) in [4.78, 5) is 13.3. The number of nitrogens with zero attached hydrogens (tertiary/aromatic N) is 1. The SMILES string of the molecule is C[C@]12CC[C@H]3[C@H](CC=C4C[C@@H](O)CC[C@@]43C)[C@@H]1CC[C@@H]2C(=O)C[n+]1ccccc1. The molecule has 0 unspecified atom stereocenters. The summed E-state index contributed by atoms with van der Waals surface area (Å²) in [6, 6.07) is 6.02. The van der Waals surface area contributed by atoms with E-state index in [0.717, 1.165) is 43.9 Å². The Morgan fingerprint density at radius 2 is 1.86 bits per heavy atom. The van der Waals surface area contributed by atoms with Crippen molar-refractivity contribution >= 4 is 5.78 Å². The van der Waals surface area contributed by atoms with E-state index in [1.165, 1.54) is 24.8 Å². The summed E-state index contributed by atoms with van der Waals surface area (Å²) in [7, 11) is 0. The second-order valence-corrected chi connectivity index (χ2v) is 10.8. The molecule has 1 N–H and O–H groups in total. The zero-order valence-corrected chi connectivity index (χ0v) is 18.0. The molecule has 7 atom stereocenters. The molecule has 156 valence electrons. The number of aliphatic hydroxyl groups is 1. The zero-order chi connectivity index (χ0) is 20.2. The number of hydrogen-bond acceptors (Lipinski definition) is 2. The molecular weight excluding hydrogens is 358 g/mol. The Bertz CT molecular complexity index is 817. The summed E-state index contributed by atoms with van der Waals surface area (Å²) >= 11 is 0. The van der Waals surface area contributed by atoms with Crippen molar-refractivity contribution < 1.29 is 14.5 Å². The van der Waals surface area contributed by atoms with Crippen molar-refractivity contribution in [3.8, 4) is 0 Å². The predicted octanol–water partition coefficient (Wildman–Crippen LogP) is 4.48. The van der Waals surface area contributed by atoms with Crippen molar-refractivity contribution in [2.75, 3.05) is 0 Å². The van der Waals surface area contributed by atoms with Gasteiger partial charge >= 0.3 is 0 Å². The Hall–Kier alpha value is -1.48. The molecule has 3 fully saturated rings. The second-order valence-electron chi connectivity index (χ2n) is 10.8. The molecule has 1 aromatic rings. The molecule has 0 amide bonds. The van der Waals surface area contributed by atoms with Crippen molar-refractivity contribution in [1.29, 1.82) is 0 Å². The first-order chi connectivity index (χ1) is 13.9. The van der Waals surface area contributed by atoms with Crippen molar-refractivity contribution in [2.24, 2.45) is 34.5 Å². The van der Waals surface area contributed by atoms with Gasteiger partial charge in [0.1, 0.15) is 0 Å². The number of aliphatic hydroxyl groups excluding tert-OH is 1. The van der Waals surface area contributed by atoms with Crippen LogP contribution in [0.4, 0.5) is 0 Å². The van der Waals surface area contributed by atoms with Crippen LogP contribution in [0.3, 0.4) is 0 Å². The minimum atomic E-state index is -0.135. The number of rotatable bonds is 3. The van der Waals surface area contributed by atoms with Crippen LogP contribution in [0.25, 0.3) is 0 Å². The normalized spacial score (nSPS) is 43.7. The number of fused-ring (bicyclic) bond motifs is 5.